The van der Waals surface area contributed by atoms with Crippen LogP contribution in [-0.2, 0) is 0 Å². The molecule has 1 heterocycles. The van der Waals surface area contributed by atoms with Gasteiger partial charge in [-0.05, 0) is 64.8 Å². The van der Waals surface area contributed by atoms with Gasteiger partial charge in [0.25, 0.3) is 0 Å². The number of thiophene rings is 1. The normalized spacial score (nSPS) is 12.7. The van der Waals surface area contributed by atoms with Crippen molar-refractivity contribution in [1.29, 1.82) is 0 Å². The second-order valence-electron chi connectivity index (χ2n) is 4.13. The fraction of sp³-hybridized carbons (Fsp3) is 0.286. The molecule has 1 N–H and O–H groups in total. The fourth-order valence-electron chi connectivity index (χ4n) is 1.97. The monoisotopic (exact) mass is 387 g/mol. The van der Waals surface area contributed by atoms with Crippen molar-refractivity contribution in [3.05, 3.63) is 54.6 Å². The summed E-state index contributed by atoms with van der Waals surface area (Å²) in [5, 5.41) is 3.57. The molecule has 0 aliphatic carbocycles. The molecule has 1 aromatic heterocycles. The van der Waals surface area contributed by atoms with Crippen LogP contribution in [0.15, 0.2) is 38.6 Å². The SMILES string of the molecule is CCNC(c1ccc(Br)s1)c1cc(Br)ccc1C. The molecule has 0 aliphatic rings. The van der Waals surface area contributed by atoms with Crippen molar-refractivity contribution >= 4 is 43.2 Å². The maximum Gasteiger partial charge on any atom is 0.0702 e. The molecular formula is C14H15Br2NS. The molecule has 1 aromatic carbocycles. The van der Waals surface area contributed by atoms with Gasteiger partial charge in [-0.2, -0.15) is 0 Å². The lowest BCUT2D eigenvalue weighted by Gasteiger charge is -2.19. The van der Waals surface area contributed by atoms with Crippen molar-refractivity contribution < 1.29 is 0 Å². The average Bonchev–Trinajstić information content (AvgIpc) is 2.76. The van der Waals surface area contributed by atoms with Crippen molar-refractivity contribution in [3.63, 3.8) is 0 Å². The van der Waals surface area contributed by atoms with Crippen LogP contribution < -0.4 is 5.32 Å². The van der Waals surface area contributed by atoms with E-state index in [0.29, 0.717) is 0 Å². The van der Waals surface area contributed by atoms with Gasteiger partial charge in [0.1, 0.15) is 0 Å². The summed E-state index contributed by atoms with van der Waals surface area (Å²) < 4.78 is 2.30. The Morgan fingerprint density at radius 1 is 1.22 bits per heavy atom. The van der Waals surface area contributed by atoms with Crippen LogP contribution in [0.3, 0.4) is 0 Å². The molecule has 0 bridgehead atoms. The van der Waals surface area contributed by atoms with Crippen LogP contribution in [0.25, 0.3) is 0 Å². The third-order valence-corrected chi connectivity index (χ3v) is 5.02. The van der Waals surface area contributed by atoms with Gasteiger partial charge in [-0.25, -0.2) is 0 Å². The van der Waals surface area contributed by atoms with Gasteiger partial charge in [-0.1, -0.05) is 28.9 Å². The Morgan fingerprint density at radius 2 is 2.00 bits per heavy atom. The highest BCUT2D eigenvalue weighted by atomic mass is 79.9. The summed E-state index contributed by atoms with van der Waals surface area (Å²) in [6, 6.07) is 11.0. The molecule has 0 saturated carbocycles. The molecule has 1 nitrogen and oxygen atoms in total. The first-order valence-electron chi connectivity index (χ1n) is 5.86. The van der Waals surface area contributed by atoms with E-state index in [1.54, 1.807) is 11.3 Å². The van der Waals surface area contributed by atoms with Gasteiger partial charge in [-0.15, -0.1) is 11.3 Å². The van der Waals surface area contributed by atoms with Crippen LogP contribution >= 0.6 is 43.2 Å². The summed E-state index contributed by atoms with van der Waals surface area (Å²) in [4.78, 5) is 1.34. The summed E-state index contributed by atoms with van der Waals surface area (Å²) >= 11 is 8.88. The van der Waals surface area contributed by atoms with Crippen molar-refractivity contribution in [2.45, 2.75) is 19.9 Å². The van der Waals surface area contributed by atoms with Crippen molar-refractivity contribution in [2.24, 2.45) is 0 Å². The molecule has 0 saturated heterocycles. The van der Waals surface area contributed by atoms with Gasteiger partial charge in [0.2, 0.25) is 0 Å². The summed E-state index contributed by atoms with van der Waals surface area (Å²) in [6.07, 6.45) is 0. The predicted octanol–water partition coefficient (Wildman–Crippen LogP) is 5.28. The minimum atomic E-state index is 0.267. The van der Waals surface area contributed by atoms with Crippen LogP contribution in [0, 0.1) is 6.92 Å². The lowest BCUT2D eigenvalue weighted by Crippen LogP contribution is -2.21. The van der Waals surface area contributed by atoms with Crippen LogP contribution in [-0.4, -0.2) is 6.54 Å². The van der Waals surface area contributed by atoms with Gasteiger partial charge in [0.15, 0.2) is 0 Å². The van der Waals surface area contributed by atoms with Crippen molar-refractivity contribution in [2.75, 3.05) is 6.54 Å². The fourth-order valence-corrected chi connectivity index (χ4v) is 3.87. The number of halogens is 2. The smallest absolute Gasteiger partial charge is 0.0702 e. The molecular weight excluding hydrogens is 374 g/mol. The first-order valence-corrected chi connectivity index (χ1v) is 8.26. The van der Waals surface area contributed by atoms with Gasteiger partial charge < -0.3 is 5.32 Å². The van der Waals surface area contributed by atoms with E-state index in [1.807, 2.05) is 0 Å². The standard InChI is InChI=1S/C14H15Br2NS/c1-3-17-14(12-6-7-13(16)18-12)11-8-10(15)5-4-9(11)2/h4-8,14,17H,3H2,1-2H3. The highest BCUT2D eigenvalue weighted by Gasteiger charge is 2.17. The van der Waals surface area contributed by atoms with Gasteiger partial charge in [-0.3, -0.25) is 0 Å². The topological polar surface area (TPSA) is 12.0 Å². The quantitative estimate of drug-likeness (QED) is 0.751. The largest absolute Gasteiger partial charge is 0.306 e. The maximum atomic E-state index is 3.57. The number of hydrogen-bond donors (Lipinski definition) is 1. The molecule has 0 fully saturated rings. The summed E-state index contributed by atoms with van der Waals surface area (Å²) in [5.41, 5.74) is 2.65. The van der Waals surface area contributed by atoms with Crippen molar-refractivity contribution in [3.8, 4) is 0 Å². The molecule has 1 unspecified atom stereocenters. The Hall–Kier alpha value is -0.160. The Morgan fingerprint density at radius 3 is 2.61 bits per heavy atom. The third-order valence-electron chi connectivity index (χ3n) is 2.84. The summed E-state index contributed by atoms with van der Waals surface area (Å²) in [5.74, 6) is 0. The van der Waals surface area contributed by atoms with Gasteiger partial charge in [0.05, 0.1) is 9.83 Å². The van der Waals surface area contributed by atoms with Crippen LogP contribution in [0.5, 0.6) is 0 Å². The molecule has 0 aliphatic heterocycles. The van der Waals surface area contributed by atoms with E-state index in [9.17, 15) is 0 Å². The molecule has 2 rings (SSSR count). The molecule has 0 spiro atoms. The Kier molecular flexibility index (Phi) is 5.01. The minimum Gasteiger partial charge on any atom is -0.306 e. The molecule has 2 aromatic rings. The Labute approximate surface area is 129 Å². The van der Waals surface area contributed by atoms with E-state index >= 15 is 0 Å². The first kappa shape index (κ1) is 14.3. The minimum absolute atomic E-state index is 0.267. The number of rotatable bonds is 4. The Bertz CT molecular complexity index is 536. The molecule has 18 heavy (non-hydrogen) atoms. The molecule has 96 valence electrons. The second kappa shape index (κ2) is 6.33. The number of nitrogens with one attached hydrogen (secondary N) is 1. The summed E-state index contributed by atoms with van der Waals surface area (Å²) in [7, 11) is 0. The molecule has 4 heteroatoms. The van der Waals surface area contributed by atoms with Gasteiger partial charge >= 0.3 is 0 Å². The number of aryl methyl sites for hydroxylation is 1. The Balaban J connectivity index is 2.44. The molecule has 0 radical (unpaired) electrons. The zero-order valence-corrected chi connectivity index (χ0v) is 14.3. The van der Waals surface area contributed by atoms with E-state index < -0.39 is 0 Å². The number of hydrogen-bond acceptors (Lipinski definition) is 2. The van der Waals surface area contributed by atoms with E-state index in [-0.39, 0.29) is 6.04 Å². The van der Waals surface area contributed by atoms with E-state index in [4.69, 9.17) is 0 Å². The lowest BCUT2D eigenvalue weighted by atomic mass is 10.00. The van der Waals surface area contributed by atoms with E-state index in [2.05, 4.69) is 81.4 Å². The van der Waals surface area contributed by atoms with E-state index in [0.717, 1.165) is 11.0 Å². The van der Waals surface area contributed by atoms with Crippen molar-refractivity contribution in [1.82, 2.24) is 5.32 Å². The highest BCUT2D eigenvalue weighted by molar-refractivity contribution is 9.11. The number of benzene rings is 1. The molecule has 0 amide bonds. The van der Waals surface area contributed by atoms with Crippen LogP contribution in [0.1, 0.15) is 29.0 Å². The van der Waals surface area contributed by atoms with Crippen LogP contribution in [0.4, 0.5) is 0 Å². The maximum absolute atomic E-state index is 3.57. The van der Waals surface area contributed by atoms with Gasteiger partial charge in [0, 0.05) is 9.35 Å². The van der Waals surface area contributed by atoms with E-state index in [1.165, 1.54) is 19.8 Å². The third kappa shape index (κ3) is 3.23. The lowest BCUT2D eigenvalue weighted by molar-refractivity contribution is 0.636. The second-order valence-corrected chi connectivity index (χ2v) is 7.54. The average molecular weight is 389 g/mol. The zero-order chi connectivity index (χ0) is 13.1. The zero-order valence-electron chi connectivity index (χ0n) is 10.3. The summed E-state index contributed by atoms with van der Waals surface area (Å²) in [6.45, 7) is 5.25. The van der Waals surface area contributed by atoms with Crippen LogP contribution in [0.2, 0.25) is 0 Å². The molecule has 1 atom stereocenters. The highest BCUT2D eigenvalue weighted by Crippen LogP contribution is 2.33. The first-order chi connectivity index (χ1) is 8.61. The predicted molar refractivity (Wildman–Crippen MR) is 86.4 cm³/mol.